The number of carbonyl (C=O) groups is 3. The molecule has 0 aromatic carbocycles. The molecule has 0 spiro atoms. The average Bonchev–Trinajstić information content (AvgIpc) is 2.35. The number of aliphatic carboxylic acids is 1. The summed E-state index contributed by atoms with van der Waals surface area (Å²) in [6, 6.07) is 0. The van der Waals surface area contributed by atoms with Crippen molar-refractivity contribution in [1.82, 2.24) is 0 Å². The maximum atomic E-state index is 11.7. The van der Waals surface area contributed by atoms with Gasteiger partial charge in [0.2, 0.25) is 0 Å². The lowest BCUT2D eigenvalue weighted by atomic mass is 9.74. The Kier molecular flexibility index (Phi) is 6.12. The van der Waals surface area contributed by atoms with E-state index >= 15 is 0 Å². The maximum Gasteiger partial charge on any atom is 0.333 e. The van der Waals surface area contributed by atoms with Crippen molar-refractivity contribution < 1.29 is 29.0 Å². The highest BCUT2D eigenvalue weighted by molar-refractivity contribution is 5.85. The molecule has 6 heteroatoms. The highest BCUT2D eigenvalue weighted by Gasteiger charge is 2.58. The quantitative estimate of drug-likeness (QED) is 0.441. The van der Waals surface area contributed by atoms with Crippen LogP contribution in [0, 0.1) is 10.8 Å². The molecule has 0 aliphatic heterocycles. The van der Waals surface area contributed by atoms with Gasteiger partial charge in [-0.1, -0.05) is 33.9 Å². The number of carbonyl (C=O) groups excluding carboxylic acids is 2. The fraction of sp³-hybridized carbons (Fsp3) is 0.562. The van der Waals surface area contributed by atoms with Crippen molar-refractivity contribution in [2.24, 2.45) is 10.8 Å². The molecule has 0 saturated heterocycles. The van der Waals surface area contributed by atoms with Crippen LogP contribution in [-0.2, 0) is 23.9 Å². The van der Waals surface area contributed by atoms with Crippen molar-refractivity contribution in [3.63, 3.8) is 0 Å². The minimum atomic E-state index is -1.99. The Balaban J connectivity index is 6.17. The van der Waals surface area contributed by atoms with Crippen LogP contribution in [0.4, 0.5) is 0 Å². The Morgan fingerprint density at radius 1 is 0.955 bits per heavy atom. The largest absolute Gasteiger partial charge is 0.481 e. The monoisotopic (exact) mass is 312 g/mol. The van der Waals surface area contributed by atoms with E-state index in [4.69, 9.17) is 9.47 Å². The molecule has 22 heavy (non-hydrogen) atoms. The van der Waals surface area contributed by atoms with Crippen molar-refractivity contribution in [3.8, 4) is 0 Å². The van der Waals surface area contributed by atoms with Gasteiger partial charge in [0.25, 0.3) is 5.79 Å². The molecule has 0 bridgehead atoms. The fourth-order valence-corrected chi connectivity index (χ4v) is 1.84. The van der Waals surface area contributed by atoms with Gasteiger partial charge in [-0.25, -0.2) is 9.59 Å². The van der Waals surface area contributed by atoms with Gasteiger partial charge in [0.05, 0.1) is 0 Å². The van der Waals surface area contributed by atoms with E-state index in [1.807, 2.05) is 20.8 Å². The highest BCUT2D eigenvalue weighted by atomic mass is 16.7. The summed E-state index contributed by atoms with van der Waals surface area (Å²) in [5.41, 5.74) is -2.17. The lowest BCUT2D eigenvalue weighted by Gasteiger charge is -2.44. The molecule has 0 radical (unpaired) electrons. The highest BCUT2D eigenvalue weighted by Crippen LogP contribution is 2.44. The Morgan fingerprint density at radius 2 is 1.32 bits per heavy atom. The third-order valence-corrected chi connectivity index (χ3v) is 3.11. The number of hydrogen-bond acceptors (Lipinski definition) is 5. The van der Waals surface area contributed by atoms with Gasteiger partial charge in [-0.2, -0.15) is 0 Å². The van der Waals surface area contributed by atoms with Crippen molar-refractivity contribution in [2.75, 3.05) is 0 Å². The molecule has 124 valence electrons. The molecule has 0 aliphatic carbocycles. The number of rotatable bonds is 7. The summed E-state index contributed by atoms with van der Waals surface area (Å²) in [6.45, 7) is 14.7. The molecular weight excluding hydrogens is 288 g/mol. The third-order valence-electron chi connectivity index (χ3n) is 3.11. The van der Waals surface area contributed by atoms with Crippen LogP contribution in [0.5, 0.6) is 0 Å². The molecule has 0 heterocycles. The van der Waals surface area contributed by atoms with Crippen LogP contribution >= 0.6 is 0 Å². The van der Waals surface area contributed by atoms with E-state index in [0.29, 0.717) is 0 Å². The van der Waals surface area contributed by atoms with Crippen molar-refractivity contribution in [1.29, 1.82) is 0 Å². The van der Waals surface area contributed by atoms with Gasteiger partial charge in [0.15, 0.2) is 0 Å². The summed E-state index contributed by atoms with van der Waals surface area (Å²) >= 11 is 0. The van der Waals surface area contributed by atoms with Gasteiger partial charge < -0.3 is 14.6 Å². The predicted molar refractivity (Wildman–Crippen MR) is 80.8 cm³/mol. The smallest absolute Gasteiger partial charge is 0.333 e. The van der Waals surface area contributed by atoms with Crippen LogP contribution in [0.1, 0.15) is 41.0 Å². The van der Waals surface area contributed by atoms with Gasteiger partial charge >= 0.3 is 17.9 Å². The van der Waals surface area contributed by atoms with E-state index in [9.17, 15) is 19.5 Å². The molecule has 1 N–H and O–H groups in total. The first-order valence-corrected chi connectivity index (χ1v) is 6.75. The molecule has 0 fully saturated rings. The summed E-state index contributed by atoms with van der Waals surface area (Å²) in [4.78, 5) is 35.1. The molecule has 0 aromatic rings. The van der Waals surface area contributed by atoms with Crippen LogP contribution in [0.2, 0.25) is 0 Å². The topological polar surface area (TPSA) is 89.9 Å². The second-order valence-corrected chi connectivity index (χ2v) is 6.67. The Labute approximate surface area is 130 Å². The zero-order valence-corrected chi connectivity index (χ0v) is 13.8. The standard InChI is InChI=1S/C16H24O6/c1-8-11(17)21-16(10-14(3,4)5,22-12(18)9-2)15(6,7)13(19)20/h8-9H,1-2,10H2,3-7H3,(H,19,20). The maximum absolute atomic E-state index is 11.7. The van der Waals surface area contributed by atoms with Crippen LogP contribution in [-0.4, -0.2) is 28.8 Å². The minimum absolute atomic E-state index is 0.0154. The van der Waals surface area contributed by atoms with Gasteiger partial charge in [-0.3, -0.25) is 4.79 Å². The molecule has 0 amide bonds. The van der Waals surface area contributed by atoms with E-state index < -0.39 is 34.5 Å². The van der Waals surface area contributed by atoms with Gasteiger partial charge in [0, 0.05) is 18.6 Å². The minimum Gasteiger partial charge on any atom is -0.481 e. The molecule has 0 rings (SSSR count). The van der Waals surface area contributed by atoms with Gasteiger partial charge in [-0.05, 0) is 19.3 Å². The number of esters is 2. The number of ether oxygens (including phenoxy) is 2. The zero-order chi connectivity index (χ0) is 17.8. The molecular formula is C16H24O6. The third kappa shape index (κ3) is 4.72. The van der Waals surface area contributed by atoms with Crippen molar-refractivity contribution in [3.05, 3.63) is 25.3 Å². The second-order valence-electron chi connectivity index (χ2n) is 6.67. The van der Waals surface area contributed by atoms with E-state index in [-0.39, 0.29) is 6.42 Å². The number of carboxylic acid groups (broad SMARTS) is 1. The Morgan fingerprint density at radius 3 is 1.55 bits per heavy atom. The number of hydrogen-bond donors (Lipinski definition) is 1. The van der Waals surface area contributed by atoms with E-state index in [2.05, 4.69) is 13.2 Å². The van der Waals surface area contributed by atoms with Crippen LogP contribution < -0.4 is 0 Å². The van der Waals surface area contributed by atoms with E-state index in [0.717, 1.165) is 12.2 Å². The number of carboxylic acids is 1. The first-order valence-electron chi connectivity index (χ1n) is 6.75. The van der Waals surface area contributed by atoms with Crippen LogP contribution in [0.3, 0.4) is 0 Å². The van der Waals surface area contributed by atoms with Gasteiger partial charge in [0.1, 0.15) is 5.41 Å². The molecule has 0 aliphatic rings. The molecule has 0 saturated carbocycles. The van der Waals surface area contributed by atoms with E-state index in [1.165, 1.54) is 13.8 Å². The molecule has 0 unspecified atom stereocenters. The lowest BCUT2D eigenvalue weighted by Crippen LogP contribution is -2.57. The lowest BCUT2D eigenvalue weighted by molar-refractivity contribution is -0.271. The summed E-state index contributed by atoms with van der Waals surface area (Å²) in [6.07, 6.45) is 1.76. The molecule has 0 atom stereocenters. The molecule has 0 aromatic heterocycles. The Bertz CT molecular complexity index is 459. The Hall–Kier alpha value is -2.11. The van der Waals surface area contributed by atoms with Crippen molar-refractivity contribution in [2.45, 2.75) is 46.8 Å². The normalized spacial score (nSPS) is 12.2. The second kappa shape index (κ2) is 6.77. The van der Waals surface area contributed by atoms with Crippen LogP contribution in [0.25, 0.3) is 0 Å². The van der Waals surface area contributed by atoms with Gasteiger partial charge in [-0.15, -0.1) is 0 Å². The SMILES string of the molecule is C=CC(=O)OC(CC(C)(C)C)(OC(=O)C=C)C(C)(C)C(=O)O. The summed E-state index contributed by atoms with van der Waals surface area (Å²) in [7, 11) is 0. The van der Waals surface area contributed by atoms with E-state index in [1.54, 1.807) is 0 Å². The van der Waals surface area contributed by atoms with Crippen LogP contribution in [0.15, 0.2) is 25.3 Å². The summed E-state index contributed by atoms with van der Waals surface area (Å²) in [5, 5.41) is 9.51. The first kappa shape index (κ1) is 19.9. The average molecular weight is 312 g/mol. The summed E-state index contributed by atoms with van der Waals surface area (Å²) in [5.74, 6) is -5.02. The van der Waals surface area contributed by atoms with Crippen molar-refractivity contribution >= 4 is 17.9 Å². The molecule has 6 nitrogen and oxygen atoms in total. The first-order chi connectivity index (χ1) is 9.81. The zero-order valence-electron chi connectivity index (χ0n) is 13.8. The fourth-order valence-electron chi connectivity index (χ4n) is 1.84. The predicted octanol–water partition coefficient (Wildman–Crippen LogP) is 2.69. The summed E-state index contributed by atoms with van der Waals surface area (Å²) < 4.78 is 10.5.